The molecular formula is C23H33IN4O2. The molecule has 2 atom stereocenters. The van der Waals surface area contributed by atoms with Gasteiger partial charge in [-0.15, -0.1) is 24.0 Å². The van der Waals surface area contributed by atoms with Gasteiger partial charge in [-0.1, -0.05) is 36.4 Å². The number of rotatable bonds is 6. The summed E-state index contributed by atoms with van der Waals surface area (Å²) < 4.78 is 5.81. The second-order valence-corrected chi connectivity index (χ2v) is 7.80. The van der Waals surface area contributed by atoms with Gasteiger partial charge in [0.15, 0.2) is 5.96 Å². The standard InChI is InChI=1S/C23H32N4O2.HI/c1-17(19-12-11-18-8-4-5-9-20(18)14-19)26-23(25-16-22(28)27(2)3)24-15-21-10-6-7-13-29-21;/h4-5,8-9,11-12,14,17,21H,6-7,10,13,15-16H2,1-3H3,(H2,24,25,26);1H. The summed E-state index contributed by atoms with van der Waals surface area (Å²) in [6.45, 7) is 3.72. The molecule has 2 N–H and O–H groups in total. The Kier molecular flexibility index (Phi) is 9.84. The van der Waals surface area contributed by atoms with Crippen molar-refractivity contribution in [3.63, 3.8) is 0 Å². The Morgan fingerprint density at radius 3 is 2.67 bits per heavy atom. The zero-order chi connectivity index (χ0) is 20.6. The largest absolute Gasteiger partial charge is 0.376 e. The fraction of sp³-hybridized carbons (Fsp3) is 0.478. The zero-order valence-corrected chi connectivity index (χ0v) is 20.4. The summed E-state index contributed by atoms with van der Waals surface area (Å²) in [6.07, 6.45) is 3.57. The maximum atomic E-state index is 12.0. The third kappa shape index (κ3) is 7.12. The minimum atomic E-state index is -0.0293. The quantitative estimate of drug-likeness (QED) is 0.344. The van der Waals surface area contributed by atoms with Crippen molar-refractivity contribution >= 4 is 46.6 Å². The molecule has 0 radical (unpaired) electrons. The highest BCUT2D eigenvalue weighted by Crippen LogP contribution is 2.20. The molecule has 1 saturated heterocycles. The highest BCUT2D eigenvalue weighted by molar-refractivity contribution is 14.0. The van der Waals surface area contributed by atoms with Gasteiger partial charge in [-0.2, -0.15) is 0 Å². The van der Waals surface area contributed by atoms with Crippen LogP contribution < -0.4 is 10.6 Å². The number of ether oxygens (including phenoxy) is 1. The van der Waals surface area contributed by atoms with Crippen LogP contribution >= 0.6 is 24.0 Å². The molecule has 2 aromatic rings. The van der Waals surface area contributed by atoms with E-state index in [9.17, 15) is 4.79 Å². The number of hydrogen-bond donors (Lipinski definition) is 2. The number of guanidine groups is 1. The number of benzene rings is 2. The van der Waals surface area contributed by atoms with E-state index in [1.165, 1.54) is 22.8 Å². The summed E-state index contributed by atoms with van der Waals surface area (Å²) in [4.78, 5) is 18.1. The van der Waals surface area contributed by atoms with Crippen LogP contribution in [0.1, 0.15) is 37.8 Å². The molecule has 1 fully saturated rings. The average molecular weight is 524 g/mol. The minimum Gasteiger partial charge on any atom is -0.376 e. The summed E-state index contributed by atoms with van der Waals surface area (Å²) in [5.41, 5.74) is 1.17. The number of nitrogens with zero attached hydrogens (tertiary/aromatic N) is 2. The third-order valence-corrected chi connectivity index (χ3v) is 5.27. The first-order valence-corrected chi connectivity index (χ1v) is 10.4. The lowest BCUT2D eigenvalue weighted by Gasteiger charge is -2.25. The summed E-state index contributed by atoms with van der Waals surface area (Å²) in [5, 5.41) is 9.24. The van der Waals surface area contributed by atoms with E-state index >= 15 is 0 Å². The number of aliphatic imine (C=N–C) groups is 1. The number of likely N-dealkylation sites (N-methyl/N-ethyl adjacent to an activating group) is 1. The van der Waals surface area contributed by atoms with Crippen molar-refractivity contribution in [1.29, 1.82) is 0 Å². The van der Waals surface area contributed by atoms with Crippen LogP contribution in [0.4, 0.5) is 0 Å². The predicted molar refractivity (Wildman–Crippen MR) is 134 cm³/mol. The Balaban J connectivity index is 0.00000320. The van der Waals surface area contributed by atoms with E-state index < -0.39 is 0 Å². The number of amides is 1. The maximum Gasteiger partial charge on any atom is 0.243 e. The van der Waals surface area contributed by atoms with Crippen molar-refractivity contribution in [1.82, 2.24) is 15.5 Å². The van der Waals surface area contributed by atoms with Crippen LogP contribution in [-0.4, -0.2) is 56.7 Å². The van der Waals surface area contributed by atoms with Gasteiger partial charge in [0.2, 0.25) is 5.91 Å². The lowest BCUT2D eigenvalue weighted by Crippen LogP contribution is -2.44. The lowest BCUT2D eigenvalue weighted by molar-refractivity contribution is -0.127. The van der Waals surface area contributed by atoms with E-state index in [-0.39, 0.29) is 48.6 Å². The van der Waals surface area contributed by atoms with E-state index in [0.29, 0.717) is 12.5 Å². The van der Waals surface area contributed by atoms with Gasteiger partial charge in [0.05, 0.1) is 12.1 Å². The summed E-state index contributed by atoms with van der Waals surface area (Å²) >= 11 is 0. The number of carbonyl (C=O) groups excluding carboxylic acids is 1. The molecule has 0 saturated carbocycles. The van der Waals surface area contributed by atoms with Gasteiger partial charge in [0, 0.05) is 27.2 Å². The molecule has 1 amide bonds. The molecule has 1 heterocycles. The van der Waals surface area contributed by atoms with Crippen LogP contribution in [0, 0.1) is 0 Å². The van der Waals surface area contributed by atoms with Crippen molar-refractivity contribution in [3.05, 3.63) is 48.0 Å². The van der Waals surface area contributed by atoms with Gasteiger partial charge in [-0.05, 0) is 48.6 Å². The molecule has 1 aliphatic rings. The van der Waals surface area contributed by atoms with Crippen molar-refractivity contribution in [2.75, 3.05) is 33.8 Å². The Morgan fingerprint density at radius 1 is 1.20 bits per heavy atom. The molecule has 1 aliphatic heterocycles. The fourth-order valence-electron chi connectivity index (χ4n) is 3.39. The molecule has 6 nitrogen and oxygen atoms in total. The highest BCUT2D eigenvalue weighted by atomic mass is 127. The van der Waals surface area contributed by atoms with Gasteiger partial charge >= 0.3 is 0 Å². The Labute approximate surface area is 196 Å². The second kappa shape index (κ2) is 12.1. The zero-order valence-electron chi connectivity index (χ0n) is 18.1. The molecule has 0 aromatic heterocycles. The van der Waals surface area contributed by atoms with Crippen LogP contribution in [0.5, 0.6) is 0 Å². The van der Waals surface area contributed by atoms with E-state index in [4.69, 9.17) is 4.74 Å². The lowest BCUT2D eigenvalue weighted by atomic mass is 10.0. The van der Waals surface area contributed by atoms with Crippen molar-refractivity contribution < 1.29 is 9.53 Å². The van der Waals surface area contributed by atoms with Gasteiger partial charge in [-0.3, -0.25) is 4.79 Å². The Bertz CT molecular complexity index is 850. The Morgan fingerprint density at radius 2 is 1.97 bits per heavy atom. The van der Waals surface area contributed by atoms with Crippen LogP contribution in [0.3, 0.4) is 0 Å². The SMILES string of the molecule is CC(NC(=NCC(=O)N(C)C)NCC1CCCCO1)c1ccc2ccccc2c1.I. The topological polar surface area (TPSA) is 66.0 Å². The monoisotopic (exact) mass is 524 g/mol. The van der Waals surface area contributed by atoms with Crippen LogP contribution in [-0.2, 0) is 9.53 Å². The maximum absolute atomic E-state index is 12.0. The molecule has 0 spiro atoms. The van der Waals surface area contributed by atoms with Gasteiger partial charge in [0.1, 0.15) is 6.54 Å². The number of nitrogens with one attached hydrogen (secondary N) is 2. The molecule has 2 unspecified atom stereocenters. The van der Waals surface area contributed by atoms with Crippen LogP contribution in [0.2, 0.25) is 0 Å². The van der Waals surface area contributed by atoms with E-state index in [2.05, 4.69) is 58.9 Å². The number of halogens is 1. The third-order valence-electron chi connectivity index (χ3n) is 5.27. The summed E-state index contributed by atoms with van der Waals surface area (Å²) in [5.74, 6) is 0.605. The van der Waals surface area contributed by atoms with Gasteiger partial charge in [-0.25, -0.2) is 4.99 Å². The van der Waals surface area contributed by atoms with Crippen LogP contribution in [0.25, 0.3) is 10.8 Å². The van der Waals surface area contributed by atoms with E-state index in [1.807, 2.05) is 6.07 Å². The molecular weight excluding hydrogens is 491 g/mol. The minimum absolute atomic E-state index is 0. The predicted octanol–water partition coefficient (Wildman–Crippen LogP) is 3.71. The first-order chi connectivity index (χ1) is 14.0. The molecule has 30 heavy (non-hydrogen) atoms. The molecule has 164 valence electrons. The summed E-state index contributed by atoms with van der Waals surface area (Å²) in [7, 11) is 3.48. The molecule has 0 bridgehead atoms. The normalized spacial score (nSPS) is 17.7. The van der Waals surface area contributed by atoms with E-state index in [1.54, 1.807) is 19.0 Å². The van der Waals surface area contributed by atoms with Crippen molar-refractivity contribution in [3.8, 4) is 0 Å². The number of hydrogen-bond acceptors (Lipinski definition) is 3. The molecule has 3 rings (SSSR count). The summed E-state index contributed by atoms with van der Waals surface area (Å²) in [6, 6.07) is 14.8. The molecule has 7 heteroatoms. The molecule has 2 aromatic carbocycles. The van der Waals surface area contributed by atoms with Gasteiger partial charge in [0.25, 0.3) is 0 Å². The Hall–Kier alpha value is -1.87. The van der Waals surface area contributed by atoms with Crippen molar-refractivity contribution in [2.45, 2.75) is 38.3 Å². The fourth-order valence-corrected chi connectivity index (χ4v) is 3.39. The highest BCUT2D eigenvalue weighted by Gasteiger charge is 2.16. The second-order valence-electron chi connectivity index (χ2n) is 7.80. The average Bonchev–Trinajstić information content (AvgIpc) is 2.75. The molecule has 0 aliphatic carbocycles. The number of fused-ring (bicyclic) bond motifs is 1. The van der Waals surface area contributed by atoms with Gasteiger partial charge < -0.3 is 20.3 Å². The smallest absolute Gasteiger partial charge is 0.243 e. The van der Waals surface area contributed by atoms with Crippen molar-refractivity contribution in [2.24, 2.45) is 4.99 Å². The van der Waals surface area contributed by atoms with E-state index in [0.717, 1.165) is 19.4 Å². The van der Waals surface area contributed by atoms with Crippen LogP contribution in [0.15, 0.2) is 47.5 Å². The first-order valence-electron chi connectivity index (χ1n) is 10.4. The first kappa shape index (κ1) is 24.4. The number of carbonyl (C=O) groups is 1.